The van der Waals surface area contributed by atoms with E-state index in [1.54, 1.807) is 24.3 Å². The summed E-state index contributed by atoms with van der Waals surface area (Å²) in [6.07, 6.45) is 0. The van der Waals surface area contributed by atoms with Crippen molar-refractivity contribution in [2.24, 2.45) is 0 Å². The van der Waals surface area contributed by atoms with E-state index in [4.69, 9.17) is 0 Å². The Morgan fingerprint density at radius 1 is 1.08 bits per heavy atom. The van der Waals surface area contributed by atoms with Crippen molar-refractivity contribution < 1.29 is 17.6 Å². The largest absolute Gasteiger partial charge is 0.325 e. The van der Waals surface area contributed by atoms with Gasteiger partial charge in [0.05, 0.1) is 10.6 Å². The molecule has 1 N–H and O–H groups in total. The molecule has 0 radical (unpaired) electrons. The average Bonchev–Trinajstić information content (AvgIpc) is 2.57. The van der Waals surface area contributed by atoms with Crippen molar-refractivity contribution in [3.63, 3.8) is 0 Å². The van der Waals surface area contributed by atoms with Crippen LogP contribution in [0, 0.1) is 5.82 Å². The number of nitrogens with zero attached hydrogens (tertiary/aromatic N) is 1. The van der Waals surface area contributed by atoms with Crippen LogP contribution >= 0.6 is 11.8 Å². The molecule has 0 saturated carbocycles. The van der Waals surface area contributed by atoms with Crippen LogP contribution in [-0.4, -0.2) is 38.5 Å². The van der Waals surface area contributed by atoms with E-state index in [1.807, 2.05) is 0 Å². The lowest BCUT2D eigenvalue weighted by Gasteiger charge is -2.12. The fourth-order valence-corrected chi connectivity index (χ4v) is 3.65. The van der Waals surface area contributed by atoms with E-state index in [2.05, 4.69) is 5.32 Å². The van der Waals surface area contributed by atoms with E-state index in [-0.39, 0.29) is 22.4 Å². The fraction of sp³-hybridized carbons (Fsp3) is 0.235. The Labute approximate surface area is 151 Å². The Hall–Kier alpha value is -1.90. The molecule has 0 bridgehead atoms. The predicted molar refractivity (Wildman–Crippen MR) is 98.5 cm³/mol. The van der Waals surface area contributed by atoms with E-state index >= 15 is 0 Å². The number of amides is 1. The number of thioether (sulfide) groups is 1. The summed E-state index contributed by atoms with van der Waals surface area (Å²) in [6, 6.07) is 12.2. The Bertz CT molecular complexity index is 820. The summed E-state index contributed by atoms with van der Waals surface area (Å²) < 4.78 is 37.9. The molecule has 2 aromatic rings. The summed E-state index contributed by atoms with van der Waals surface area (Å²) in [7, 11) is -0.557. The van der Waals surface area contributed by atoms with Gasteiger partial charge in [0.1, 0.15) is 5.82 Å². The number of benzene rings is 2. The van der Waals surface area contributed by atoms with Gasteiger partial charge in [0.2, 0.25) is 15.9 Å². The quantitative estimate of drug-likeness (QED) is 0.800. The zero-order valence-corrected chi connectivity index (χ0v) is 15.5. The molecule has 1 amide bonds. The summed E-state index contributed by atoms with van der Waals surface area (Å²) >= 11 is 1.41. The predicted octanol–water partition coefficient (Wildman–Crippen LogP) is 2.95. The number of sulfonamides is 1. The number of nitrogens with one attached hydrogen (secondary N) is 1. The zero-order chi connectivity index (χ0) is 18.4. The van der Waals surface area contributed by atoms with Crippen LogP contribution < -0.4 is 5.32 Å². The van der Waals surface area contributed by atoms with Gasteiger partial charge in [-0.3, -0.25) is 4.79 Å². The van der Waals surface area contributed by atoms with E-state index in [1.165, 1.54) is 50.1 Å². The number of rotatable bonds is 7. The average molecular weight is 382 g/mol. The summed E-state index contributed by atoms with van der Waals surface area (Å²) in [5, 5.41) is 2.72. The van der Waals surface area contributed by atoms with Crippen LogP contribution in [0.4, 0.5) is 10.1 Å². The molecule has 0 atom stereocenters. The van der Waals surface area contributed by atoms with Crippen LogP contribution in [0.5, 0.6) is 0 Å². The molecular weight excluding hydrogens is 363 g/mol. The van der Waals surface area contributed by atoms with Gasteiger partial charge in [0, 0.05) is 25.5 Å². The van der Waals surface area contributed by atoms with Crippen molar-refractivity contribution in [1.82, 2.24) is 4.31 Å². The first-order valence-corrected chi connectivity index (χ1v) is 10.0. The molecule has 25 heavy (non-hydrogen) atoms. The molecule has 0 saturated heterocycles. The Morgan fingerprint density at radius 3 is 2.24 bits per heavy atom. The zero-order valence-electron chi connectivity index (χ0n) is 13.9. The Morgan fingerprint density at radius 2 is 1.68 bits per heavy atom. The van der Waals surface area contributed by atoms with Crippen LogP contribution in [0.1, 0.15) is 5.56 Å². The van der Waals surface area contributed by atoms with Gasteiger partial charge in [-0.15, -0.1) is 11.8 Å². The van der Waals surface area contributed by atoms with Crippen LogP contribution in [0.3, 0.4) is 0 Å². The normalized spacial score (nSPS) is 11.5. The number of hydrogen-bond donors (Lipinski definition) is 1. The molecular formula is C17H19FN2O3S2. The maximum Gasteiger partial charge on any atom is 0.242 e. The highest BCUT2D eigenvalue weighted by atomic mass is 32.2. The van der Waals surface area contributed by atoms with E-state index in [9.17, 15) is 17.6 Å². The van der Waals surface area contributed by atoms with E-state index in [0.29, 0.717) is 11.4 Å². The lowest BCUT2D eigenvalue weighted by atomic mass is 10.2. The minimum absolute atomic E-state index is 0.168. The van der Waals surface area contributed by atoms with E-state index in [0.717, 1.165) is 9.87 Å². The standard InChI is InChI=1S/C17H19FN2O3S2/c1-20(2)25(22,23)16-9-7-15(8-10-16)19-17(21)12-24-11-13-3-5-14(18)6-4-13/h3-10H,11-12H2,1-2H3,(H,19,21). The smallest absolute Gasteiger partial charge is 0.242 e. The van der Waals surface area contributed by atoms with Crippen molar-refractivity contribution in [2.45, 2.75) is 10.6 Å². The van der Waals surface area contributed by atoms with Gasteiger partial charge in [-0.05, 0) is 42.0 Å². The van der Waals surface area contributed by atoms with Gasteiger partial charge < -0.3 is 5.32 Å². The van der Waals surface area contributed by atoms with Crippen molar-refractivity contribution >= 4 is 33.4 Å². The molecule has 0 unspecified atom stereocenters. The molecule has 0 aliphatic carbocycles. The molecule has 0 spiro atoms. The van der Waals surface area contributed by atoms with Gasteiger partial charge in [0.25, 0.3) is 0 Å². The van der Waals surface area contributed by atoms with Crippen molar-refractivity contribution in [1.29, 1.82) is 0 Å². The van der Waals surface area contributed by atoms with Gasteiger partial charge in [-0.2, -0.15) is 0 Å². The van der Waals surface area contributed by atoms with Gasteiger partial charge in [-0.25, -0.2) is 17.1 Å². The number of carbonyl (C=O) groups is 1. The summed E-state index contributed by atoms with van der Waals surface area (Å²) in [4.78, 5) is 12.1. The van der Waals surface area contributed by atoms with E-state index < -0.39 is 10.0 Å². The van der Waals surface area contributed by atoms with Crippen LogP contribution in [0.25, 0.3) is 0 Å². The Balaban J connectivity index is 1.85. The highest BCUT2D eigenvalue weighted by Crippen LogP contribution is 2.17. The van der Waals surface area contributed by atoms with Gasteiger partial charge >= 0.3 is 0 Å². The second-order valence-corrected chi connectivity index (χ2v) is 8.62. The maximum absolute atomic E-state index is 12.8. The first-order valence-electron chi connectivity index (χ1n) is 7.43. The number of hydrogen-bond acceptors (Lipinski definition) is 4. The summed E-state index contributed by atoms with van der Waals surface area (Å²) in [6.45, 7) is 0. The third kappa shape index (κ3) is 5.55. The maximum atomic E-state index is 12.8. The highest BCUT2D eigenvalue weighted by molar-refractivity contribution is 7.99. The topological polar surface area (TPSA) is 66.5 Å². The number of carbonyl (C=O) groups excluding carboxylic acids is 1. The highest BCUT2D eigenvalue weighted by Gasteiger charge is 2.16. The van der Waals surface area contributed by atoms with Crippen molar-refractivity contribution in [3.05, 3.63) is 59.9 Å². The van der Waals surface area contributed by atoms with Gasteiger partial charge in [0.15, 0.2) is 0 Å². The van der Waals surface area contributed by atoms with Crippen LogP contribution in [0.15, 0.2) is 53.4 Å². The summed E-state index contributed by atoms with van der Waals surface area (Å²) in [5.74, 6) is 0.379. The first-order chi connectivity index (χ1) is 11.8. The lowest BCUT2D eigenvalue weighted by Crippen LogP contribution is -2.22. The molecule has 134 valence electrons. The molecule has 2 aromatic carbocycles. The molecule has 2 rings (SSSR count). The van der Waals surface area contributed by atoms with Crippen LogP contribution in [0.2, 0.25) is 0 Å². The molecule has 0 fully saturated rings. The van der Waals surface area contributed by atoms with Crippen molar-refractivity contribution in [2.75, 3.05) is 25.2 Å². The number of halogens is 1. The Kier molecular flexibility index (Phi) is 6.57. The minimum atomic E-state index is -3.48. The third-order valence-electron chi connectivity index (χ3n) is 3.33. The lowest BCUT2D eigenvalue weighted by molar-refractivity contribution is -0.113. The van der Waals surface area contributed by atoms with Crippen LogP contribution in [-0.2, 0) is 20.6 Å². The molecule has 0 aromatic heterocycles. The number of anilines is 1. The first kappa shape index (κ1) is 19.4. The SMILES string of the molecule is CN(C)S(=O)(=O)c1ccc(NC(=O)CSCc2ccc(F)cc2)cc1. The molecule has 0 aliphatic rings. The molecule has 0 aliphatic heterocycles. The molecule has 5 nitrogen and oxygen atoms in total. The van der Waals surface area contributed by atoms with Crippen molar-refractivity contribution in [3.8, 4) is 0 Å². The van der Waals surface area contributed by atoms with Gasteiger partial charge in [-0.1, -0.05) is 12.1 Å². The third-order valence-corrected chi connectivity index (χ3v) is 6.16. The minimum Gasteiger partial charge on any atom is -0.325 e. The molecule has 0 heterocycles. The summed E-state index contributed by atoms with van der Waals surface area (Å²) in [5.41, 5.74) is 1.47. The fourth-order valence-electron chi connectivity index (χ4n) is 1.96. The second-order valence-electron chi connectivity index (χ2n) is 5.48. The second kappa shape index (κ2) is 8.46. The monoisotopic (exact) mass is 382 g/mol. The molecule has 8 heteroatoms.